The van der Waals surface area contributed by atoms with Crippen molar-refractivity contribution in [2.75, 3.05) is 19.6 Å². The lowest BCUT2D eigenvalue weighted by molar-refractivity contribution is -0.142. The first kappa shape index (κ1) is 26.9. The third kappa shape index (κ3) is 5.99. The molecule has 0 saturated heterocycles. The number of benzene rings is 3. The molecular formula is C34H36N2O2S. The summed E-state index contributed by atoms with van der Waals surface area (Å²) in [5, 5.41) is 2.13. The second-order valence-electron chi connectivity index (χ2n) is 10.3. The molecule has 4 aromatic rings. The Morgan fingerprint density at radius 2 is 1.56 bits per heavy atom. The standard InChI is InChI=1S/C34H36N2O2S/c1-3-4-21-35(34(38)32(26-11-7-5-8-12-26)27-13-9-6-10-14-27)24-31(37)36-22-19-30-29(20-23-39-30)33(36)28-17-15-25(2)16-18-28/h5-18,20,23,32-33H,3-4,19,21-22,24H2,1-2H3. The van der Waals surface area contributed by atoms with Crippen LogP contribution in [-0.4, -0.2) is 41.2 Å². The Morgan fingerprint density at radius 1 is 0.923 bits per heavy atom. The van der Waals surface area contributed by atoms with E-state index in [9.17, 15) is 9.59 Å². The minimum Gasteiger partial charge on any atom is -0.333 e. The van der Waals surface area contributed by atoms with Crippen molar-refractivity contribution in [2.45, 2.75) is 45.1 Å². The molecule has 1 aliphatic rings. The number of thiophene rings is 1. The van der Waals surface area contributed by atoms with Crippen molar-refractivity contribution < 1.29 is 9.59 Å². The SMILES string of the molecule is CCCCN(CC(=O)N1CCc2sccc2C1c1ccc(C)cc1)C(=O)C(c1ccccc1)c1ccccc1. The highest BCUT2D eigenvalue weighted by atomic mass is 32.1. The molecule has 0 fully saturated rings. The minimum atomic E-state index is -0.449. The third-order valence-corrected chi connectivity index (χ3v) is 8.61. The fraction of sp³-hybridized carbons (Fsp3) is 0.294. The number of fused-ring (bicyclic) bond motifs is 1. The quantitative estimate of drug-likeness (QED) is 0.231. The van der Waals surface area contributed by atoms with Crippen LogP contribution < -0.4 is 0 Å². The zero-order valence-electron chi connectivity index (χ0n) is 22.8. The van der Waals surface area contributed by atoms with E-state index in [-0.39, 0.29) is 24.4 Å². The number of hydrogen-bond donors (Lipinski definition) is 0. The van der Waals surface area contributed by atoms with Gasteiger partial charge in [-0.3, -0.25) is 9.59 Å². The summed E-state index contributed by atoms with van der Waals surface area (Å²) in [7, 11) is 0. The molecule has 0 saturated carbocycles. The van der Waals surface area contributed by atoms with Gasteiger partial charge in [-0.15, -0.1) is 11.3 Å². The summed E-state index contributed by atoms with van der Waals surface area (Å²) in [6, 6.07) is 30.4. The first-order valence-corrected chi connectivity index (χ1v) is 14.8. The van der Waals surface area contributed by atoms with Gasteiger partial charge in [0.25, 0.3) is 0 Å². The fourth-order valence-corrected chi connectivity index (χ4v) is 6.42. The average Bonchev–Trinajstić information content (AvgIpc) is 3.45. The minimum absolute atomic E-state index is 0.00162. The van der Waals surface area contributed by atoms with Crippen molar-refractivity contribution in [3.63, 3.8) is 0 Å². The van der Waals surface area contributed by atoms with Gasteiger partial charge >= 0.3 is 0 Å². The van der Waals surface area contributed by atoms with Gasteiger partial charge in [-0.05, 0) is 53.5 Å². The van der Waals surface area contributed by atoms with Crippen LogP contribution in [0.1, 0.15) is 64.4 Å². The van der Waals surface area contributed by atoms with Crippen molar-refractivity contribution in [1.82, 2.24) is 9.80 Å². The van der Waals surface area contributed by atoms with Crippen molar-refractivity contribution in [3.05, 3.63) is 129 Å². The summed E-state index contributed by atoms with van der Waals surface area (Å²) >= 11 is 1.77. The maximum Gasteiger partial charge on any atom is 0.242 e. The van der Waals surface area contributed by atoms with E-state index in [1.807, 2.05) is 65.6 Å². The van der Waals surface area contributed by atoms with Crippen molar-refractivity contribution in [2.24, 2.45) is 0 Å². The molecule has 0 spiro atoms. The summed E-state index contributed by atoms with van der Waals surface area (Å²) in [6.45, 7) is 5.49. The van der Waals surface area contributed by atoms with Crippen LogP contribution >= 0.6 is 11.3 Å². The highest BCUT2D eigenvalue weighted by Crippen LogP contribution is 2.38. The van der Waals surface area contributed by atoms with Gasteiger partial charge in [0.2, 0.25) is 11.8 Å². The summed E-state index contributed by atoms with van der Waals surface area (Å²) in [5.74, 6) is -0.467. The Morgan fingerprint density at radius 3 is 2.18 bits per heavy atom. The van der Waals surface area contributed by atoms with E-state index in [1.54, 1.807) is 16.2 Å². The van der Waals surface area contributed by atoms with Gasteiger partial charge in [-0.1, -0.05) is 104 Å². The second-order valence-corrected chi connectivity index (χ2v) is 11.3. The van der Waals surface area contributed by atoms with E-state index in [4.69, 9.17) is 0 Å². The normalized spacial score (nSPS) is 14.7. The number of rotatable bonds is 9. The molecule has 1 unspecified atom stereocenters. The highest BCUT2D eigenvalue weighted by Gasteiger charge is 2.35. The molecule has 2 amide bonds. The lowest BCUT2D eigenvalue weighted by atomic mass is 9.89. The summed E-state index contributed by atoms with van der Waals surface area (Å²) in [5.41, 5.74) is 5.41. The van der Waals surface area contributed by atoms with E-state index < -0.39 is 5.92 Å². The average molecular weight is 537 g/mol. The predicted octanol–water partition coefficient (Wildman–Crippen LogP) is 6.99. The largest absolute Gasteiger partial charge is 0.333 e. The Bertz CT molecular complexity index is 1340. The molecule has 1 aliphatic heterocycles. The molecule has 2 heterocycles. The number of unbranched alkanes of at least 4 members (excludes halogenated alkanes) is 1. The number of carbonyl (C=O) groups is 2. The molecule has 200 valence electrons. The van der Waals surface area contributed by atoms with Gasteiger partial charge in [0.1, 0.15) is 0 Å². The number of carbonyl (C=O) groups excluding carboxylic acids is 2. The van der Waals surface area contributed by atoms with Crippen LogP contribution in [0, 0.1) is 6.92 Å². The van der Waals surface area contributed by atoms with Crippen LogP contribution in [0.25, 0.3) is 0 Å². The number of hydrogen-bond acceptors (Lipinski definition) is 3. The van der Waals surface area contributed by atoms with E-state index in [2.05, 4.69) is 49.6 Å². The maximum absolute atomic E-state index is 14.3. The molecule has 1 atom stereocenters. The van der Waals surface area contributed by atoms with Crippen molar-refractivity contribution in [1.29, 1.82) is 0 Å². The molecule has 1 aromatic heterocycles. The second kappa shape index (κ2) is 12.4. The van der Waals surface area contributed by atoms with Crippen LogP contribution in [0.4, 0.5) is 0 Å². The van der Waals surface area contributed by atoms with E-state index in [1.165, 1.54) is 16.0 Å². The van der Waals surface area contributed by atoms with Gasteiger partial charge in [0, 0.05) is 18.0 Å². The Labute approximate surface area is 235 Å². The molecule has 4 nitrogen and oxygen atoms in total. The summed E-state index contributed by atoms with van der Waals surface area (Å²) < 4.78 is 0. The number of nitrogens with zero attached hydrogens (tertiary/aromatic N) is 2. The van der Waals surface area contributed by atoms with Crippen LogP contribution in [0.15, 0.2) is 96.4 Å². The van der Waals surface area contributed by atoms with E-state index in [0.29, 0.717) is 13.1 Å². The molecule has 0 radical (unpaired) electrons. The number of amides is 2. The zero-order chi connectivity index (χ0) is 27.2. The molecule has 0 N–H and O–H groups in total. The lowest BCUT2D eigenvalue weighted by Gasteiger charge is -2.38. The molecule has 3 aromatic carbocycles. The van der Waals surface area contributed by atoms with Gasteiger partial charge < -0.3 is 9.80 Å². The maximum atomic E-state index is 14.3. The van der Waals surface area contributed by atoms with E-state index in [0.717, 1.165) is 36.0 Å². The monoisotopic (exact) mass is 536 g/mol. The van der Waals surface area contributed by atoms with Crippen molar-refractivity contribution >= 4 is 23.2 Å². The highest BCUT2D eigenvalue weighted by molar-refractivity contribution is 7.10. The third-order valence-electron chi connectivity index (χ3n) is 7.61. The first-order valence-electron chi connectivity index (χ1n) is 13.9. The molecule has 5 heteroatoms. The van der Waals surface area contributed by atoms with Crippen LogP contribution in [0.5, 0.6) is 0 Å². The van der Waals surface area contributed by atoms with Gasteiger partial charge in [-0.25, -0.2) is 0 Å². The lowest BCUT2D eigenvalue weighted by Crippen LogP contribution is -2.48. The van der Waals surface area contributed by atoms with Crippen molar-refractivity contribution in [3.8, 4) is 0 Å². The Kier molecular flexibility index (Phi) is 8.58. The molecule has 0 aliphatic carbocycles. The topological polar surface area (TPSA) is 40.6 Å². The molecule has 0 bridgehead atoms. The summed E-state index contributed by atoms with van der Waals surface area (Å²) in [4.78, 5) is 33.5. The Balaban J connectivity index is 1.46. The first-order chi connectivity index (χ1) is 19.1. The summed E-state index contributed by atoms with van der Waals surface area (Å²) in [6.07, 6.45) is 2.65. The number of aryl methyl sites for hydroxylation is 1. The van der Waals surface area contributed by atoms with Gasteiger partial charge in [0.05, 0.1) is 18.5 Å². The zero-order valence-corrected chi connectivity index (χ0v) is 23.6. The predicted molar refractivity (Wildman–Crippen MR) is 159 cm³/mol. The van der Waals surface area contributed by atoms with Crippen LogP contribution in [0.2, 0.25) is 0 Å². The van der Waals surface area contributed by atoms with Gasteiger partial charge in [-0.2, -0.15) is 0 Å². The van der Waals surface area contributed by atoms with Gasteiger partial charge in [0.15, 0.2) is 0 Å². The smallest absolute Gasteiger partial charge is 0.242 e. The molecular weight excluding hydrogens is 500 g/mol. The van der Waals surface area contributed by atoms with Crippen LogP contribution in [-0.2, 0) is 16.0 Å². The van der Waals surface area contributed by atoms with Crippen LogP contribution in [0.3, 0.4) is 0 Å². The van der Waals surface area contributed by atoms with E-state index >= 15 is 0 Å². The molecule has 5 rings (SSSR count). The Hall–Kier alpha value is -3.70. The fourth-order valence-electron chi connectivity index (χ4n) is 5.51. The molecule has 39 heavy (non-hydrogen) atoms.